The number of nitrogen functional groups attached to an aromatic ring is 1. The number of benzene rings is 1. The molecule has 0 unspecified atom stereocenters. The highest BCUT2D eigenvalue weighted by Gasteiger charge is 2.20. The van der Waals surface area contributed by atoms with Crippen LogP contribution in [0.2, 0.25) is 0 Å². The van der Waals surface area contributed by atoms with Crippen molar-refractivity contribution in [3.8, 4) is 17.3 Å². The molecule has 12 nitrogen and oxygen atoms in total. The highest BCUT2D eigenvalue weighted by atomic mass is 16.5. The maximum atomic E-state index is 8.91. The van der Waals surface area contributed by atoms with Gasteiger partial charge in [-0.15, -0.1) is 5.10 Å². The molecule has 0 saturated carbocycles. The van der Waals surface area contributed by atoms with Gasteiger partial charge in [0, 0.05) is 53.4 Å². The van der Waals surface area contributed by atoms with Gasteiger partial charge in [-0.25, -0.2) is 9.67 Å². The zero-order chi connectivity index (χ0) is 40.2. The fourth-order valence-corrected chi connectivity index (χ4v) is 3.45. The third-order valence-corrected chi connectivity index (χ3v) is 5.12. The van der Waals surface area contributed by atoms with E-state index in [-0.39, 0.29) is 38.3 Å². The molecule has 37 heavy (non-hydrogen) atoms. The Bertz CT molecular complexity index is 2160. The minimum atomic E-state index is -3.66. The third-order valence-electron chi connectivity index (χ3n) is 5.12. The monoisotopic (exact) mass is 520 g/mol. The van der Waals surface area contributed by atoms with Gasteiger partial charge in [-0.3, -0.25) is 4.90 Å². The standard InChI is InChI=1S/C25H29N9O3/c1-35-15-16-36-19-6-4-18(5-7-19)32-11-8-31(9-12-32)10-13-33-23-20(17-27-33)24-28-22(21-3-2-14-37-21)30-34(24)25(26)29-23/h2-7,14,17H,8-13,15-16H2,1H3,(H2,26,29)/i1D3,8D2,9D2,10D2,11D2,12D2,15D2,16D2. The van der Waals surface area contributed by atoms with E-state index in [0.717, 1.165) is 28.9 Å². The van der Waals surface area contributed by atoms with Crippen molar-refractivity contribution in [2.45, 2.75) is 6.54 Å². The first-order valence-electron chi connectivity index (χ1n) is 19.1. The Kier molecular flexibility index (Phi) is 3.01. The van der Waals surface area contributed by atoms with Gasteiger partial charge in [-0.2, -0.15) is 14.6 Å². The number of ether oxygens (including phenoxy) is 2. The normalized spacial score (nSPS) is 28.4. The Morgan fingerprint density at radius 2 is 1.97 bits per heavy atom. The van der Waals surface area contributed by atoms with E-state index in [2.05, 4.69) is 24.9 Å². The number of fused-ring (bicyclic) bond motifs is 3. The van der Waals surface area contributed by atoms with E-state index in [0.29, 0.717) is 5.76 Å². The lowest BCUT2D eigenvalue weighted by Crippen LogP contribution is -2.47. The molecule has 1 fully saturated rings. The molecule has 0 spiro atoms. The number of nitrogens with two attached hydrogens (primary N) is 1. The summed E-state index contributed by atoms with van der Waals surface area (Å²) in [5.41, 5.74) is 5.65. The Labute approximate surface area is 237 Å². The van der Waals surface area contributed by atoms with Gasteiger partial charge in [-0.05, 0) is 36.4 Å². The number of piperazine rings is 1. The molecule has 0 aliphatic carbocycles. The maximum Gasteiger partial charge on any atom is 0.225 e. The van der Waals surface area contributed by atoms with Crippen LogP contribution in [-0.4, -0.2) is 86.9 Å². The molecular weight excluding hydrogens is 474 g/mol. The molecule has 12 heteroatoms. The van der Waals surface area contributed by atoms with E-state index in [1.165, 1.54) is 17.0 Å². The Morgan fingerprint density at radius 3 is 2.76 bits per heavy atom. The first kappa shape index (κ1) is 11.1. The molecule has 1 aliphatic rings. The van der Waals surface area contributed by atoms with Gasteiger partial charge in [-0.1, -0.05) is 0 Å². The molecule has 6 rings (SSSR count). The van der Waals surface area contributed by atoms with Crippen LogP contribution in [0.1, 0.15) is 23.3 Å². The molecule has 0 amide bonds. The molecular formula is C25H29N9O3. The number of nitrogens with zero attached hydrogens (tertiary/aromatic N) is 8. The summed E-state index contributed by atoms with van der Waals surface area (Å²) in [5, 5.41) is 8.59. The summed E-state index contributed by atoms with van der Waals surface area (Å²) in [7, 11) is -3.34. The van der Waals surface area contributed by atoms with E-state index in [1.807, 2.05) is 0 Å². The van der Waals surface area contributed by atoms with Crippen LogP contribution < -0.4 is 15.4 Å². The average Bonchev–Trinajstić information content (AvgIpc) is 3.76. The summed E-state index contributed by atoms with van der Waals surface area (Å²) in [5.74, 6) is -0.256. The molecule has 1 saturated heterocycles. The minimum absolute atomic E-state index is 0.0854. The van der Waals surface area contributed by atoms with Crippen LogP contribution in [0.25, 0.3) is 28.3 Å². The minimum Gasteiger partial charge on any atom is -0.491 e. The molecule has 0 radical (unpaired) electrons. The molecule has 1 aromatic carbocycles. The van der Waals surface area contributed by atoms with Crippen molar-refractivity contribution in [2.24, 2.45) is 0 Å². The molecule has 192 valence electrons. The summed E-state index contributed by atoms with van der Waals surface area (Å²) < 4.78 is 157. The summed E-state index contributed by atoms with van der Waals surface area (Å²) in [6, 6.07) is 6.80. The smallest absolute Gasteiger partial charge is 0.225 e. The van der Waals surface area contributed by atoms with Crippen LogP contribution in [0.15, 0.2) is 53.3 Å². The molecule has 1 aliphatic heterocycles. The molecule has 5 heterocycles. The van der Waals surface area contributed by atoms with Crippen molar-refractivity contribution in [3.05, 3.63) is 48.9 Å². The quantitative estimate of drug-likeness (QED) is 0.309. The predicted octanol–water partition coefficient (Wildman–Crippen LogP) is 2.16. The first-order chi connectivity index (χ1) is 24.6. The largest absolute Gasteiger partial charge is 0.491 e. The second-order valence-electron chi connectivity index (χ2n) is 7.34. The topological polar surface area (TPSA) is 125 Å². The summed E-state index contributed by atoms with van der Waals surface area (Å²) in [6.07, 6.45) is 2.64. The fourth-order valence-electron chi connectivity index (χ4n) is 3.45. The number of rotatable bonds is 9. The van der Waals surface area contributed by atoms with E-state index in [4.69, 9.17) is 38.2 Å². The lowest BCUT2D eigenvalue weighted by Gasteiger charge is -2.36. The second-order valence-corrected chi connectivity index (χ2v) is 7.34. The van der Waals surface area contributed by atoms with Crippen LogP contribution >= 0.6 is 0 Å². The molecule has 0 bridgehead atoms. The number of anilines is 2. The molecule has 4 aromatic heterocycles. The lowest BCUT2D eigenvalue weighted by atomic mass is 10.2. The van der Waals surface area contributed by atoms with Crippen LogP contribution in [0.5, 0.6) is 5.75 Å². The van der Waals surface area contributed by atoms with Crippen molar-refractivity contribution in [1.82, 2.24) is 34.3 Å². The van der Waals surface area contributed by atoms with Crippen molar-refractivity contribution in [1.29, 1.82) is 0 Å². The van der Waals surface area contributed by atoms with Crippen LogP contribution in [-0.2, 0) is 11.3 Å². The number of aryl methyl sites for hydroxylation is 1. The zero-order valence-electron chi connectivity index (χ0n) is 35.7. The fraction of sp³-hybridized carbons (Fsp3) is 0.360. The number of hydrogen-bond donors (Lipinski definition) is 1. The molecule has 2 N–H and O–H groups in total. The second kappa shape index (κ2) is 10.1. The van der Waals surface area contributed by atoms with E-state index < -0.39 is 70.6 Å². The van der Waals surface area contributed by atoms with Crippen molar-refractivity contribution in [2.75, 3.05) is 63.3 Å². The third kappa shape index (κ3) is 4.68. The predicted molar refractivity (Wildman–Crippen MR) is 139 cm³/mol. The van der Waals surface area contributed by atoms with Crippen molar-refractivity contribution in [3.63, 3.8) is 0 Å². The average molecular weight is 521 g/mol. The van der Waals surface area contributed by atoms with E-state index in [9.17, 15) is 0 Å². The van der Waals surface area contributed by atoms with Crippen LogP contribution in [0.4, 0.5) is 11.6 Å². The van der Waals surface area contributed by atoms with Gasteiger partial charge in [0.15, 0.2) is 17.1 Å². The molecule has 0 atom stereocenters. The van der Waals surface area contributed by atoms with E-state index >= 15 is 0 Å². The first-order valence-corrected chi connectivity index (χ1v) is 10.6. The number of aromatic nitrogens is 6. The number of furan rings is 1. The summed E-state index contributed by atoms with van der Waals surface area (Å²) in [6.45, 7) is -25.6. The van der Waals surface area contributed by atoms with Crippen molar-refractivity contribution < 1.29 is 37.2 Å². The zero-order valence-corrected chi connectivity index (χ0v) is 18.7. The Morgan fingerprint density at radius 1 is 1.11 bits per heavy atom. The van der Waals surface area contributed by atoms with Gasteiger partial charge in [0.05, 0.1) is 46.0 Å². The maximum absolute atomic E-state index is 8.91. The van der Waals surface area contributed by atoms with Gasteiger partial charge >= 0.3 is 0 Å². The van der Waals surface area contributed by atoms with Crippen LogP contribution in [0, 0.1) is 0 Å². The highest BCUT2D eigenvalue weighted by molar-refractivity contribution is 5.90. The lowest BCUT2D eigenvalue weighted by molar-refractivity contribution is 0.146. The van der Waals surface area contributed by atoms with Crippen LogP contribution in [0.3, 0.4) is 0 Å². The van der Waals surface area contributed by atoms with E-state index in [1.54, 1.807) is 12.1 Å². The van der Waals surface area contributed by atoms with Gasteiger partial charge in [0.1, 0.15) is 12.3 Å². The van der Waals surface area contributed by atoms with Gasteiger partial charge in [0.25, 0.3) is 0 Å². The Balaban J connectivity index is 1.33. The molecule has 5 aromatic rings. The number of methoxy groups -OCH3 is 1. The highest BCUT2D eigenvalue weighted by Crippen LogP contribution is 2.24. The SMILES string of the molecule is [2H]C([2H])([2H])OC([2H])([2H])C([2H])([2H])Oc1ccc(N2C([2H])([2H])C([2H])([2H])N(C([2H])([2H])Cn3ncc4c3nc(N)n3nc(-c5ccco5)nc43)C([2H])([2H])C2([2H])[2H])cc1. The summed E-state index contributed by atoms with van der Waals surface area (Å²) in [4.78, 5) is 8.54. The Hall–Kier alpha value is -4.16. The van der Waals surface area contributed by atoms with Crippen molar-refractivity contribution >= 4 is 28.3 Å². The van der Waals surface area contributed by atoms with Gasteiger partial charge < -0.3 is 24.5 Å². The number of hydrogen-bond acceptors (Lipinski definition) is 10. The van der Waals surface area contributed by atoms with Gasteiger partial charge in [0.2, 0.25) is 11.8 Å². The summed E-state index contributed by atoms with van der Waals surface area (Å²) >= 11 is 0.